The van der Waals surface area contributed by atoms with Crippen molar-refractivity contribution in [1.29, 1.82) is 0 Å². The van der Waals surface area contributed by atoms with E-state index in [1.165, 1.54) is 23.5 Å². The molecule has 4 aromatic rings. The Labute approximate surface area is 193 Å². The molecule has 0 bridgehead atoms. The minimum Gasteiger partial charge on any atom is -0.383 e. The molecule has 5 nitrogen and oxygen atoms in total. The number of fused-ring (bicyclic) bond motifs is 1. The normalized spacial score (nSPS) is 11.8. The Bertz CT molecular complexity index is 1220. The Hall–Kier alpha value is -3.17. The number of methoxy groups -OCH3 is 1. The Morgan fingerprint density at radius 1 is 1.09 bits per heavy atom. The van der Waals surface area contributed by atoms with Gasteiger partial charge in [-0.2, -0.15) is 13.2 Å². The van der Waals surface area contributed by atoms with Crippen LogP contribution in [-0.2, 0) is 17.3 Å². The summed E-state index contributed by atoms with van der Waals surface area (Å²) in [5, 5.41) is 2.01. The summed E-state index contributed by atoms with van der Waals surface area (Å²) in [6.07, 6.45) is -1.89. The first-order valence-corrected chi connectivity index (χ1v) is 11.2. The van der Waals surface area contributed by atoms with E-state index in [0.717, 1.165) is 34.0 Å². The van der Waals surface area contributed by atoms with Crippen LogP contribution in [0, 0.1) is 0 Å². The summed E-state index contributed by atoms with van der Waals surface area (Å²) in [6.45, 7) is 1.06. The lowest BCUT2D eigenvalue weighted by molar-refractivity contribution is -0.137. The van der Waals surface area contributed by atoms with Crippen LogP contribution in [0.2, 0.25) is 0 Å². The maximum Gasteiger partial charge on any atom is 0.416 e. The maximum absolute atomic E-state index is 13.0. The second-order valence-electron chi connectivity index (χ2n) is 7.48. The number of benzene rings is 2. The third-order valence-electron chi connectivity index (χ3n) is 5.30. The molecule has 0 saturated carbocycles. The minimum absolute atomic E-state index is 0.212. The van der Waals surface area contributed by atoms with Crippen molar-refractivity contribution in [1.82, 2.24) is 14.3 Å². The van der Waals surface area contributed by atoms with Crippen LogP contribution in [0.1, 0.15) is 21.6 Å². The van der Waals surface area contributed by atoms with E-state index in [4.69, 9.17) is 4.74 Å². The van der Waals surface area contributed by atoms with Gasteiger partial charge in [-0.25, -0.2) is 4.98 Å². The van der Waals surface area contributed by atoms with Gasteiger partial charge in [0.25, 0.3) is 5.91 Å². The molecule has 0 spiro atoms. The number of aromatic nitrogens is 2. The summed E-state index contributed by atoms with van der Waals surface area (Å²) >= 11 is 1.52. The van der Waals surface area contributed by atoms with Crippen molar-refractivity contribution < 1.29 is 22.7 Å². The van der Waals surface area contributed by atoms with Gasteiger partial charge in [-0.05, 0) is 24.3 Å². The highest BCUT2D eigenvalue weighted by atomic mass is 32.1. The van der Waals surface area contributed by atoms with Crippen molar-refractivity contribution in [3.8, 4) is 11.3 Å². The average Bonchev–Trinajstić information content (AvgIpc) is 3.40. The van der Waals surface area contributed by atoms with Gasteiger partial charge in [0.2, 0.25) is 0 Å². The number of imidazole rings is 1. The molecule has 2 aromatic heterocycles. The summed E-state index contributed by atoms with van der Waals surface area (Å²) in [5.74, 6) is -0.331. The standard InChI is InChI=1S/C24H22F3N3O2S/c1-32-14-13-29(22(31)18-7-9-19(10-8-18)24(25,26)27)12-11-20-16-33-23-28-21(15-30(20)23)17-5-3-2-4-6-17/h2-10,15-16H,11-14H2,1H3. The van der Waals surface area contributed by atoms with Gasteiger partial charge in [0.1, 0.15) is 0 Å². The van der Waals surface area contributed by atoms with E-state index in [9.17, 15) is 18.0 Å². The van der Waals surface area contributed by atoms with E-state index in [0.29, 0.717) is 26.1 Å². The molecule has 2 aromatic carbocycles. The molecule has 0 aliphatic rings. The summed E-state index contributed by atoms with van der Waals surface area (Å²) in [5.41, 5.74) is 2.34. The molecule has 0 radical (unpaired) electrons. The molecular formula is C24H22F3N3O2S. The average molecular weight is 474 g/mol. The number of carbonyl (C=O) groups is 1. The summed E-state index contributed by atoms with van der Waals surface area (Å²) < 4.78 is 45.7. The highest BCUT2D eigenvalue weighted by Crippen LogP contribution is 2.29. The van der Waals surface area contributed by atoms with Crippen LogP contribution >= 0.6 is 11.3 Å². The van der Waals surface area contributed by atoms with Crippen molar-refractivity contribution in [2.75, 3.05) is 26.8 Å². The number of hydrogen-bond acceptors (Lipinski definition) is 4. The van der Waals surface area contributed by atoms with Crippen molar-refractivity contribution in [3.63, 3.8) is 0 Å². The zero-order valence-corrected chi connectivity index (χ0v) is 18.7. The van der Waals surface area contributed by atoms with E-state index in [2.05, 4.69) is 4.98 Å². The summed E-state index contributed by atoms with van der Waals surface area (Å²) in [6, 6.07) is 14.2. The second kappa shape index (κ2) is 9.76. The minimum atomic E-state index is -4.44. The fraction of sp³-hybridized carbons (Fsp3) is 0.250. The lowest BCUT2D eigenvalue weighted by atomic mass is 10.1. The first-order valence-electron chi connectivity index (χ1n) is 10.3. The predicted octanol–water partition coefficient (Wildman–Crippen LogP) is 5.41. The van der Waals surface area contributed by atoms with E-state index < -0.39 is 11.7 Å². The molecule has 33 heavy (non-hydrogen) atoms. The number of thiazole rings is 1. The van der Waals surface area contributed by atoms with Crippen LogP contribution in [0.4, 0.5) is 13.2 Å². The van der Waals surface area contributed by atoms with Crippen LogP contribution in [0.25, 0.3) is 16.2 Å². The third kappa shape index (κ3) is 5.26. The van der Waals surface area contributed by atoms with Gasteiger partial charge in [-0.3, -0.25) is 9.20 Å². The molecular weight excluding hydrogens is 451 g/mol. The molecule has 1 amide bonds. The van der Waals surface area contributed by atoms with E-state index in [1.807, 2.05) is 46.3 Å². The number of hydrogen-bond donors (Lipinski definition) is 0. The Kier molecular flexibility index (Phi) is 6.80. The molecule has 9 heteroatoms. The van der Waals surface area contributed by atoms with Crippen LogP contribution < -0.4 is 0 Å². The predicted molar refractivity (Wildman–Crippen MR) is 121 cm³/mol. The van der Waals surface area contributed by atoms with Gasteiger partial charge in [-0.15, -0.1) is 11.3 Å². The third-order valence-corrected chi connectivity index (χ3v) is 6.19. The Morgan fingerprint density at radius 2 is 1.82 bits per heavy atom. The fourth-order valence-electron chi connectivity index (χ4n) is 3.51. The SMILES string of the molecule is COCCN(CCc1csc2nc(-c3ccccc3)cn12)C(=O)c1ccc(C(F)(F)F)cc1. The number of halogens is 3. The second-order valence-corrected chi connectivity index (χ2v) is 8.32. The van der Waals surface area contributed by atoms with Crippen LogP contribution in [0.3, 0.4) is 0 Å². The first kappa shape index (κ1) is 23.0. The maximum atomic E-state index is 13.0. The molecule has 0 aliphatic carbocycles. The summed E-state index contributed by atoms with van der Waals surface area (Å²) in [7, 11) is 1.54. The number of amides is 1. The number of carbonyl (C=O) groups excluding carboxylic acids is 1. The lowest BCUT2D eigenvalue weighted by Crippen LogP contribution is -2.35. The molecule has 0 N–H and O–H groups in total. The van der Waals surface area contributed by atoms with Gasteiger partial charge in [0.05, 0.1) is 17.9 Å². The summed E-state index contributed by atoms with van der Waals surface area (Å²) in [4.78, 5) is 20.1. The number of nitrogens with zero attached hydrogens (tertiary/aromatic N) is 3. The van der Waals surface area contributed by atoms with Gasteiger partial charge >= 0.3 is 6.18 Å². The lowest BCUT2D eigenvalue weighted by Gasteiger charge is -2.22. The molecule has 0 aliphatic heterocycles. The number of alkyl halides is 3. The van der Waals surface area contributed by atoms with Crippen LogP contribution in [0.15, 0.2) is 66.2 Å². The van der Waals surface area contributed by atoms with Crippen LogP contribution in [-0.4, -0.2) is 47.0 Å². The van der Waals surface area contributed by atoms with E-state index >= 15 is 0 Å². The van der Waals surface area contributed by atoms with Crippen molar-refractivity contribution in [3.05, 3.63) is 83.0 Å². The highest BCUT2D eigenvalue weighted by Gasteiger charge is 2.30. The molecule has 0 saturated heterocycles. The van der Waals surface area contributed by atoms with Gasteiger partial charge in [-0.1, -0.05) is 30.3 Å². The monoisotopic (exact) mass is 473 g/mol. The Balaban J connectivity index is 1.50. The molecule has 0 fully saturated rings. The van der Waals surface area contributed by atoms with Crippen molar-refractivity contribution >= 4 is 22.2 Å². The van der Waals surface area contributed by atoms with E-state index in [1.54, 1.807) is 12.0 Å². The van der Waals surface area contributed by atoms with Gasteiger partial charge in [0, 0.05) is 55.0 Å². The van der Waals surface area contributed by atoms with E-state index in [-0.39, 0.29) is 11.5 Å². The molecule has 172 valence electrons. The molecule has 2 heterocycles. The smallest absolute Gasteiger partial charge is 0.383 e. The van der Waals surface area contributed by atoms with Crippen LogP contribution in [0.5, 0.6) is 0 Å². The largest absolute Gasteiger partial charge is 0.416 e. The fourth-order valence-corrected chi connectivity index (χ4v) is 4.41. The van der Waals surface area contributed by atoms with Gasteiger partial charge < -0.3 is 9.64 Å². The Morgan fingerprint density at radius 3 is 2.48 bits per heavy atom. The number of rotatable bonds is 8. The van der Waals surface area contributed by atoms with Crippen molar-refractivity contribution in [2.24, 2.45) is 0 Å². The number of ether oxygens (including phenoxy) is 1. The molecule has 4 rings (SSSR count). The zero-order valence-electron chi connectivity index (χ0n) is 17.9. The molecule has 0 unspecified atom stereocenters. The molecule has 0 atom stereocenters. The topological polar surface area (TPSA) is 46.8 Å². The van der Waals surface area contributed by atoms with Gasteiger partial charge in [0.15, 0.2) is 4.96 Å². The first-order chi connectivity index (χ1) is 15.9. The zero-order chi connectivity index (χ0) is 23.4. The highest BCUT2D eigenvalue weighted by molar-refractivity contribution is 7.15. The van der Waals surface area contributed by atoms with Crippen molar-refractivity contribution in [2.45, 2.75) is 12.6 Å². The quantitative estimate of drug-likeness (QED) is 0.344.